The maximum atomic E-state index is 6.05. The number of rotatable bonds is 6. The lowest BCUT2D eigenvalue weighted by Gasteiger charge is -2.14. The molecule has 0 bridgehead atoms. The van der Waals surface area contributed by atoms with E-state index in [1.165, 1.54) is 5.56 Å². The Morgan fingerprint density at radius 3 is 2.48 bits per heavy atom. The molecule has 0 fully saturated rings. The molecule has 0 spiro atoms. The third-order valence-electron chi connectivity index (χ3n) is 3.37. The average Bonchev–Trinajstić information content (AvgIpc) is 2.49. The van der Waals surface area contributed by atoms with E-state index in [9.17, 15) is 0 Å². The van der Waals surface area contributed by atoms with Crippen molar-refractivity contribution in [2.45, 2.75) is 27.3 Å². The molecule has 0 amide bonds. The predicted molar refractivity (Wildman–Crippen MR) is 86.4 cm³/mol. The van der Waals surface area contributed by atoms with E-state index in [0.717, 1.165) is 41.5 Å². The Kier molecular flexibility index (Phi) is 5.23. The molecule has 0 saturated carbocycles. The molecule has 0 atom stereocenters. The highest BCUT2D eigenvalue weighted by molar-refractivity contribution is 5.47. The number of methoxy groups -OCH3 is 1. The summed E-state index contributed by atoms with van der Waals surface area (Å²) in [5.41, 5.74) is 3.47. The van der Waals surface area contributed by atoms with Crippen molar-refractivity contribution in [2.75, 3.05) is 13.7 Å². The van der Waals surface area contributed by atoms with Gasteiger partial charge in [0.15, 0.2) is 11.5 Å². The smallest absolute Gasteiger partial charge is 0.169 e. The first-order valence-corrected chi connectivity index (χ1v) is 7.26. The fourth-order valence-electron chi connectivity index (χ4n) is 2.11. The number of aryl methyl sites for hydroxylation is 2. The molecule has 0 unspecified atom stereocenters. The summed E-state index contributed by atoms with van der Waals surface area (Å²) in [6, 6.07) is 12.2. The van der Waals surface area contributed by atoms with E-state index in [-0.39, 0.29) is 0 Å². The van der Waals surface area contributed by atoms with Crippen molar-refractivity contribution in [3.63, 3.8) is 0 Å². The van der Waals surface area contributed by atoms with Gasteiger partial charge in [0, 0.05) is 6.54 Å². The van der Waals surface area contributed by atoms with Crippen LogP contribution in [0.3, 0.4) is 0 Å². The van der Waals surface area contributed by atoms with Crippen LogP contribution < -0.4 is 14.8 Å². The molecular weight excluding hydrogens is 262 g/mol. The van der Waals surface area contributed by atoms with Crippen LogP contribution in [0.1, 0.15) is 23.6 Å². The molecular formula is C18H23NO2. The van der Waals surface area contributed by atoms with Gasteiger partial charge in [-0.15, -0.1) is 0 Å². The number of ether oxygens (including phenoxy) is 2. The summed E-state index contributed by atoms with van der Waals surface area (Å²) < 4.78 is 11.5. The highest BCUT2D eigenvalue weighted by Gasteiger charge is 2.08. The molecule has 0 aliphatic carbocycles. The van der Waals surface area contributed by atoms with Crippen LogP contribution in [0.2, 0.25) is 0 Å². The first-order chi connectivity index (χ1) is 10.1. The molecule has 0 aromatic heterocycles. The molecule has 21 heavy (non-hydrogen) atoms. The molecule has 0 aliphatic rings. The Bertz CT molecular complexity index is 608. The van der Waals surface area contributed by atoms with Crippen LogP contribution in [0.5, 0.6) is 17.2 Å². The van der Waals surface area contributed by atoms with Gasteiger partial charge >= 0.3 is 0 Å². The van der Waals surface area contributed by atoms with Crippen LogP contribution in [-0.4, -0.2) is 13.7 Å². The summed E-state index contributed by atoms with van der Waals surface area (Å²) in [6.07, 6.45) is 0. The van der Waals surface area contributed by atoms with Gasteiger partial charge in [-0.05, 0) is 55.3 Å². The maximum absolute atomic E-state index is 6.05. The molecule has 3 heteroatoms. The molecule has 0 saturated heterocycles. The van der Waals surface area contributed by atoms with Crippen LogP contribution in [-0.2, 0) is 6.54 Å². The minimum absolute atomic E-state index is 0.742. The van der Waals surface area contributed by atoms with E-state index >= 15 is 0 Å². The molecule has 112 valence electrons. The van der Waals surface area contributed by atoms with Crippen LogP contribution in [0.15, 0.2) is 36.4 Å². The van der Waals surface area contributed by atoms with Crippen molar-refractivity contribution < 1.29 is 9.47 Å². The number of hydrogen-bond acceptors (Lipinski definition) is 3. The van der Waals surface area contributed by atoms with Crippen molar-refractivity contribution in [1.82, 2.24) is 5.32 Å². The Morgan fingerprint density at radius 2 is 1.76 bits per heavy atom. The Labute approximate surface area is 126 Å². The van der Waals surface area contributed by atoms with Gasteiger partial charge in [-0.2, -0.15) is 0 Å². The lowest BCUT2D eigenvalue weighted by Crippen LogP contribution is -2.11. The van der Waals surface area contributed by atoms with Gasteiger partial charge in [-0.1, -0.05) is 25.1 Å². The molecule has 3 nitrogen and oxygen atoms in total. The van der Waals surface area contributed by atoms with E-state index in [4.69, 9.17) is 9.47 Å². The number of benzene rings is 2. The zero-order valence-corrected chi connectivity index (χ0v) is 13.2. The highest BCUT2D eigenvalue weighted by Crippen LogP contribution is 2.34. The van der Waals surface area contributed by atoms with Gasteiger partial charge in [0.2, 0.25) is 0 Å². The fraction of sp³-hybridized carbons (Fsp3) is 0.333. The summed E-state index contributed by atoms with van der Waals surface area (Å²) in [4.78, 5) is 0. The summed E-state index contributed by atoms with van der Waals surface area (Å²) in [6.45, 7) is 7.98. The standard InChI is InChI=1S/C18H23NO2/c1-5-19-12-15-8-7-14(3)17(11-15)21-16-9-6-13(2)10-18(16)20-4/h6-11,19H,5,12H2,1-4H3. The van der Waals surface area contributed by atoms with Crippen molar-refractivity contribution >= 4 is 0 Å². The third kappa shape index (κ3) is 3.99. The van der Waals surface area contributed by atoms with E-state index in [1.807, 2.05) is 32.0 Å². The molecule has 0 radical (unpaired) electrons. The van der Waals surface area contributed by atoms with Gasteiger partial charge in [0.1, 0.15) is 5.75 Å². The van der Waals surface area contributed by atoms with Crippen molar-refractivity contribution in [1.29, 1.82) is 0 Å². The summed E-state index contributed by atoms with van der Waals surface area (Å²) in [7, 11) is 1.66. The van der Waals surface area contributed by atoms with E-state index in [0.29, 0.717) is 0 Å². The Hall–Kier alpha value is -2.00. The molecule has 0 heterocycles. The van der Waals surface area contributed by atoms with Gasteiger partial charge in [0.25, 0.3) is 0 Å². The SMILES string of the molecule is CCNCc1ccc(C)c(Oc2ccc(C)cc2OC)c1. The van der Waals surface area contributed by atoms with Gasteiger partial charge < -0.3 is 14.8 Å². The number of hydrogen-bond donors (Lipinski definition) is 1. The molecule has 0 aliphatic heterocycles. The zero-order valence-electron chi connectivity index (χ0n) is 13.2. The minimum atomic E-state index is 0.742. The van der Waals surface area contributed by atoms with Crippen LogP contribution in [0.25, 0.3) is 0 Å². The second kappa shape index (κ2) is 7.14. The maximum Gasteiger partial charge on any atom is 0.169 e. The second-order valence-electron chi connectivity index (χ2n) is 5.14. The zero-order chi connectivity index (χ0) is 15.2. The first-order valence-electron chi connectivity index (χ1n) is 7.26. The molecule has 2 aromatic rings. The monoisotopic (exact) mass is 285 g/mol. The minimum Gasteiger partial charge on any atom is -0.493 e. The van der Waals surface area contributed by atoms with Crippen molar-refractivity contribution in [3.8, 4) is 17.2 Å². The molecule has 1 N–H and O–H groups in total. The third-order valence-corrected chi connectivity index (χ3v) is 3.37. The molecule has 2 rings (SSSR count). The predicted octanol–water partition coefficient (Wildman–Crippen LogP) is 4.21. The Morgan fingerprint density at radius 1 is 0.952 bits per heavy atom. The summed E-state index contributed by atoms with van der Waals surface area (Å²) in [5, 5.41) is 3.32. The fourth-order valence-corrected chi connectivity index (χ4v) is 2.11. The van der Waals surface area contributed by atoms with E-state index in [2.05, 4.69) is 30.4 Å². The summed E-state index contributed by atoms with van der Waals surface area (Å²) >= 11 is 0. The van der Waals surface area contributed by atoms with E-state index in [1.54, 1.807) is 7.11 Å². The Balaban J connectivity index is 2.26. The van der Waals surface area contributed by atoms with Crippen LogP contribution in [0.4, 0.5) is 0 Å². The summed E-state index contributed by atoms with van der Waals surface area (Å²) in [5.74, 6) is 2.37. The van der Waals surface area contributed by atoms with Crippen molar-refractivity contribution in [2.24, 2.45) is 0 Å². The average molecular weight is 285 g/mol. The van der Waals surface area contributed by atoms with Crippen molar-refractivity contribution in [3.05, 3.63) is 53.1 Å². The highest BCUT2D eigenvalue weighted by atomic mass is 16.5. The lowest BCUT2D eigenvalue weighted by molar-refractivity contribution is 0.377. The van der Waals surface area contributed by atoms with Gasteiger partial charge in [-0.25, -0.2) is 0 Å². The molecule has 2 aromatic carbocycles. The normalized spacial score (nSPS) is 10.5. The first kappa shape index (κ1) is 15.4. The van der Waals surface area contributed by atoms with Gasteiger partial charge in [0.05, 0.1) is 7.11 Å². The van der Waals surface area contributed by atoms with E-state index < -0.39 is 0 Å². The van der Waals surface area contributed by atoms with Crippen LogP contribution in [0, 0.1) is 13.8 Å². The number of nitrogens with one attached hydrogen (secondary N) is 1. The topological polar surface area (TPSA) is 30.5 Å². The largest absolute Gasteiger partial charge is 0.493 e. The van der Waals surface area contributed by atoms with Crippen LogP contribution >= 0.6 is 0 Å². The quantitative estimate of drug-likeness (QED) is 0.862. The van der Waals surface area contributed by atoms with Gasteiger partial charge in [-0.3, -0.25) is 0 Å². The lowest BCUT2D eigenvalue weighted by atomic mass is 10.1. The second-order valence-corrected chi connectivity index (χ2v) is 5.14.